The average Bonchev–Trinajstić information content (AvgIpc) is 1.82. The highest BCUT2D eigenvalue weighted by atomic mass is 15.0. The van der Waals surface area contributed by atoms with Crippen LogP contribution in [0.2, 0.25) is 0 Å². The van der Waals surface area contributed by atoms with Crippen molar-refractivity contribution in [2.45, 2.75) is 24.8 Å². The van der Waals surface area contributed by atoms with Crippen LogP contribution in [0.5, 0.6) is 0 Å². The van der Waals surface area contributed by atoms with Gasteiger partial charge in [-0.2, -0.15) is 0 Å². The molecule has 0 bridgehead atoms. The maximum Gasteiger partial charge on any atom is 0.0207 e. The molecule has 1 aliphatic carbocycles. The summed E-state index contributed by atoms with van der Waals surface area (Å²) in [5, 5.41) is 3.36. The Balaban J connectivity index is 2.05. The van der Waals surface area contributed by atoms with Crippen molar-refractivity contribution in [2.24, 2.45) is 11.7 Å². The molecule has 1 saturated heterocycles. The third-order valence-electron chi connectivity index (χ3n) is 2.93. The Kier molecular flexibility index (Phi) is 1.08. The predicted molar refractivity (Wildman–Crippen MR) is 37.1 cm³/mol. The van der Waals surface area contributed by atoms with Gasteiger partial charge in [-0.05, 0) is 38.3 Å². The molecule has 2 rings (SSSR count). The van der Waals surface area contributed by atoms with Crippen LogP contribution in [0.3, 0.4) is 0 Å². The molecular weight excluding hydrogens is 112 g/mol. The van der Waals surface area contributed by atoms with Crippen LogP contribution in [0.25, 0.3) is 0 Å². The van der Waals surface area contributed by atoms with Crippen LogP contribution in [0.1, 0.15) is 19.3 Å². The second-order valence-electron chi connectivity index (χ2n) is 3.42. The molecule has 0 amide bonds. The second-order valence-corrected chi connectivity index (χ2v) is 3.42. The first-order valence-corrected chi connectivity index (χ1v) is 3.81. The molecule has 3 N–H and O–H groups in total. The number of hydrogen-bond donors (Lipinski definition) is 2. The Hall–Kier alpha value is -0.0800. The van der Waals surface area contributed by atoms with Gasteiger partial charge in [-0.25, -0.2) is 0 Å². The molecule has 2 heteroatoms. The second kappa shape index (κ2) is 1.70. The minimum absolute atomic E-state index is 0.255. The number of fused-ring (bicyclic) bond motifs is 1. The Morgan fingerprint density at radius 1 is 1.44 bits per heavy atom. The van der Waals surface area contributed by atoms with Crippen molar-refractivity contribution in [3.63, 3.8) is 0 Å². The zero-order valence-electron chi connectivity index (χ0n) is 5.69. The third kappa shape index (κ3) is 0.700. The molecular formula is C7H14N2. The molecule has 1 heterocycles. The Labute approximate surface area is 55.8 Å². The molecule has 0 spiro atoms. The molecule has 0 aromatic heterocycles. The minimum atomic E-state index is 0.255. The van der Waals surface area contributed by atoms with Crippen LogP contribution in [-0.4, -0.2) is 18.6 Å². The van der Waals surface area contributed by atoms with Gasteiger partial charge in [-0.3, -0.25) is 0 Å². The molecule has 9 heavy (non-hydrogen) atoms. The molecule has 52 valence electrons. The number of nitrogens with one attached hydrogen (secondary N) is 1. The van der Waals surface area contributed by atoms with E-state index in [4.69, 9.17) is 5.73 Å². The summed E-state index contributed by atoms with van der Waals surface area (Å²) in [5.41, 5.74) is 6.32. The highest BCUT2D eigenvalue weighted by Crippen LogP contribution is 2.39. The van der Waals surface area contributed by atoms with Gasteiger partial charge in [0.05, 0.1) is 0 Å². The Morgan fingerprint density at radius 2 is 2.33 bits per heavy atom. The zero-order chi connectivity index (χ0) is 6.32. The largest absolute Gasteiger partial charge is 0.325 e. The Morgan fingerprint density at radius 3 is 2.67 bits per heavy atom. The number of nitrogens with two attached hydrogens (primary N) is 1. The van der Waals surface area contributed by atoms with E-state index in [1.54, 1.807) is 0 Å². The fourth-order valence-corrected chi connectivity index (χ4v) is 1.95. The SMILES string of the molecule is N[C@@]12CCNC[C@@H]1CC2. The Bertz CT molecular complexity index is 124. The van der Waals surface area contributed by atoms with Crippen molar-refractivity contribution in [1.82, 2.24) is 5.32 Å². The van der Waals surface area contributed by atoms with E-state index in [2.05, 4.69) is 5.32 Å². The topological polar surface area (TPSA) is 38.0 Å². The van der Waals surface area contributed by atoms with Crippen LogP contribution in [0, 0.1) is 5.92 Å². The van der Waals surface area contributed by atoms with Gasteiger partial charge in [-0.15, -0.1) is 0 Å². The van der Waals surface area contributed by atoms with E-state index >= 15 is 0 Å². The van der Waals surface area contributed by atoms with E-state index in [9.17, 15) is 0 Å². The first-order chi connectivity index (χ1) is 4.31. The molecule has 2 atom stereocenters. The first kappa shape index (κ1) is 5.69. The third-order valence-corrected chi connectivity index (χ3v) is 2.93. The number of rotatable bonds is 0. The summed E-state index contributed by atoms with van der Waals surface area (Å²) in [6, 6.07) is 0. The first-order valence-electron chi connectivity index (χ1n) is 3.81. The maximum absolute atomic E-state index is 6.07. The standard InChI is InChI=1S/C7H14N2/c8-7-2-1-6(7)5-9-4-3-7/h6,9H,1-5,8H2/t6-,7-/m0/s1. The van der Waals surface area contributed by atoms with E-state index in [0.29, 0.717) is 0 Å². The van der Waals surface area contributed by atoms with Crippen molar-refractivity contribution in [1.29, 1.82) is 0 Å². The maximum atomic E-state index is 6.07. The van der Waals surface area contributed by atoms with Gasteiger partial charge in [0.1, 0.15) is 0 Å². The lowest BCUT2D eigenvalue weighted by Gasteiger charge is -2.50. The van der Waals surface area contributed by atoms with Crippen LogP contribution in [0.4, 0.5) is 0 Å². The highest BCUT2D eigenvalue weighted by molar-refractivity contribution is 5.03. The normalized spacial score (nSPS) is 49.7. The lowest BCUT2D eigenvalue weighted by Crippen LogP contribution is -2.62. The molecule has 0 radical (unpaired) electrons. The zero-order valence-corrected chi connectivity index (χ0v) is 5.69. The van der Waals surface area contributed by atoms with E-state index in [1.165, 1.54) is 19.3 Å². The smallest absolute Gasteiger partial charge is 0.0207 e. The van der Waals surface area contributed by atoms with E-state index < -0.39 is 0 Å². The van der Waals surface area contributed by atoms with Crippen molar-refractivity contribution < 1.29 is 0 Å². The summed E-state index contributed by atoms with van der Waals surface area (Å²) < 4.78 is 0. The monoisotopic (exact) mass is 126 g/mol. The summed E-state index contributed by atoms with van der Waals surface area (Å²) in [6.07, 6.45) is 3.81. The predicted octanol–water partition coefficient (Wildman–Crippen LogP) is 0.0872. The molecule has 1 saturated carbocycles. The van der Waals surface area contributed by atoms with Crippen molar-refractivity contribution in [3.8, 4) is 0 Å². The molecule has 0 unspecified atom stereocenters. The molecule has 1 aliphatic heterocycles. The quantitative estimate of drug-likeness (QED) is 0.482. The molecule has 2 nitrogen and oxygen atoms in total. The van der Waals surface area contributed by atoms with Gasteiger partial charge in [0.15, 0.2) is 0 Å². The van der Waals surface area contributed by atoms with E-state index in [1.807, 2.05) is 0 Å². The van der Waals surface area contributed by atoms with E-state index in [-0.39, 0.29) is 5.54 Å². The molecule has 0 aromatic rings. The molecule has 2 fully saturated rings. The summed E-state index contributed by atoms with van der Waals surface area (Å²) >= 11 is 0. The van der Waals surface area contributed by atoms with Crippen LogP contribution in [-0.2, 0) is 0 Å². The van der Waals surface area contributed by atoms with Gasteiger partial charge in [0.2, 0.25) is 0 Å². The lowest BCUT2D eigenvalue weighted by atomic mass is 9.64. The van der Waals surface area contributed by atoms with Gasteiger partial charge < -0.3 is 11.1 Å². The van der Waals surface area contributed by atoms with Gasteiger partial charge in [0, 0.05) is 5.54 Å². The summed E-state index contributed by atoms with van der Waals surface area (Å²) in [4.78, 5) is 0. The van der Waals surface area contributed by atoms with Crippen LogP contribution in [0.15, 0.2) is 0 Å². The highest BCUT2D eigenvalue weighted by Gasteiger charge is 2.44. The molecule has 2 aliphatic rings. The summed E-state index contributed by atoms with van der Waals surface area (Å²) in [5.74, 6) is 0.797. The number of hydrogen-bond acceptors (Lipinski definition) is 2. The summed E-state index contributed by atoms with van der Waals surface area (Å²) in [6.45, 7) is 2.30. The fraction of sp³-hybridized carbons (Fsp3) is 1.00. The van der Waals surface area contributed by atoms with Gasteiger partial charge >= 0.3 is 0 Å². The van der Waals surface area contributed by atoms with Gasteiger partial charge in [-0.1, -0.05) is 0 Å². The van der Waals surface area contributed by atoms with Crippen molar-refractivity contribution in [2.75, 3.05) is 13.1 Å². The van der Waals surface area contributed by atoms with Crippen LogP contribution < -0.4 is 11.1 Å². The van der Waals surface area contributed by atoms with E-state index in [0.717, 1.165) is 19.0 Å². The molecule has 0 aromatic carbocycles. The van der Waals surface area contributed by atoms with Gasteiger partial charge in [0.25, 0.3) is 0 Å². The van der Waals surface area contributed by atoms with Crippen molar-refractivity contribution >= 4 is 0 Å². The summed E-state index contributed by atoms with van der Waals surface area (Å²) in [7, 11) is 0. The van der Waals surface area contributed by atoms with Crippen molar-refractivity contribution in [3.05, 3.63) is 0 Å². The van der Waals surface area contributed by atoms with Crippen LogP contribution >= 0.6 is 0 Å². The minimum Gasteiger partial charge on any atom is -0.325 e. The average molecular weight is 126 g/mol. The number of piperidine rings is 1. The lowest BCUT2D eigenvalue weighted by molar-refractivity contribution is 0.0883. The fourth-order valence-electron chi connectivity index (χ4n) is 1.95.